The van der Waals surface area contributed by atoms with Crippen molar-refractivity contribution < 1.29 is 58.2 Å². The molecule has 0 aromatic rings. The summed E-state index contributed by atoms with van der Waals surface area (Å²) in [4.78, 5) is 57.9. The summed E-state index contributed by atoms with van der Waals surface area (Å²) in [5, 5.41) is 34.2. The number of nitrogens with zero attached hydrogens (tertiary/aromatic N) is 1. The molecule has 15 atom stereocenters. The first kappa shape index (κ1) is 47.2. The number of rotatable bonds is 7. The van der Waals surface area contributed by atoms with Gasteiger partial charge in [-0.1, -0.05) is 39.8 Å². The molecule has 0 aromatic heterocycles. The molecule has 0 radical (unpaired) electrons. The highest BCUT2D eigenvalue weighted by Gasteiger charge is 2.56. The van der Waals surface area contributed by atoms with Gasteiger partial charge >= 0.3 is 5.97 Å². The van der Waals surface area contributed by atoms with Crippen LogP contribution in [-0.2, 0) is 42.9 Å². The topological polar surface area (TPSA) is 178 Å². The third kappa shape index (κ3) is 11.4. The number of piperidine rings is 1. The van der Waals surface area contributed by atoms with Crippen molar-refractivity contribution in [1.29, 1.82) is 0 Å². The fourth-order valence-electron chi connectivity index (χ4n) is 9.85. The van der Waals surface area contributed by atoms with Gasteiger partial charge in [-0.25, -0.2) is 4.79 Å². The van der Waals surface area contributed by atoms with E-state index in [0.29, 0.717) is 56.9 Å². The molecule has 13 nitrogen and oxygen atoms in total. The number of hydrogen-bond donors (Lipinski definition) is 3. The van der Waals surface area contributed by atoms with Gasteiger partial charge in [0.25, 0.3) is 11.7 Å². The van der Waals surface area contributed by atoms with Crippen LogP contribution in [0.4, 0.5) is 0 Å². The van der Waals surface area contributed by atoms with Crippen LogP contribution in [-0.4, -0.2) is 126 Å². The monoisotopic (exact) mass is 805 g/mol. The number of Topliss-reactive ketones (excluding diaryl/α,β-unsaturated/α-hetero) is 2. The maximum absolute atomic E-state index is 14.3. The number of fused-ring (bicyclic) bond motifs is 3. The number of esters is 1. The largest absolute Gasteiger partial charge is 0.456 e. The van der Waals surface area contributed by atoms with E-state index in [1.165, 1.54) is 19.1 Å². The lowest BCUT2D eigenvalue weighted by molar-refractivity contribution is -0.302. The van der Waals surface area contributed by atoms with Gasteiger partial charge in [0.1, 0.15) is 24.0 Å². The molecule has 1 saturated carbocycles. The minimum absolute atomic E-state index is 0.00291. The number of aliphatic hydroxyl groups excluding tert-OH is 2. The normalized spacial score (nSPS) is 41.5. The van der Waals surface area contributed by atoms with Crippen molar-refractivity contribution in [1.82, 2.24) is 4.90 Å². The average molecular weight is 806 g/mol. The molecule has 13 heteroatoms. The third-order valence-electron chi connectivity index (χ3n) is 13.3. The highest BCUT2D eigenvalue weighted by atomic mass is 16.7. The van der Waals surface area contributed by atoms with E-state index in [2.05, 4.69) is 20.4 Å². The Morgan fingerprint density at radius 3 is 2.16 bits per heavy atom. The number of ketones is 2. The zero-order chi connectivity index (χ0) is 42.2. The van der Waals surface area contributed by atoms with Crippen molar-refractivity contribution in [3.8, 4) is 0 Å². The molecule has 1 amide bonds. The van der Waals surface area contributed by atoms with Crippen LogP contribution in [0.3, 0.4) is 0 Å². The molecule has 2 bridgehead atoms. The van der Waals surface area contributed by atoms with Gasteiger partial charge in [0.15, 0.2) is 0 Å². The first-order valence-corrected chi connectivity index (χ1v) is 21.2. The number of methoxy groups -OCH3 is 3. The molecular formula is C44H71NO12. The summed E-state index contributed by atoms with van der Waals surface area (Å²) in [5.41, 5.74) is 0.664. The number of hydrogen-bond acceptors (Lipinski definition) is 12. The van der Waals surface area contributed by atoms with Crippen LogP contribution in [0.2, 0.25) is 0 Å². The van der Waals surface area contributed by atoms with Gasteiger partial charge in [0, 0.05) is 52.0 Å². The Morgan fingerprint density at radius 1 is 0.860 bits per heavy atom. The summed E-state index contributed by atoms with van der Waals surface area (Å²) in [6.07, 6.45) is 4.10. The molecule has 3 N–H and O–H groups in total. The molecule has 0 aromatic carbocycles. The number of carbonyl (C=O) groups excluding carboxylic acids is 4. The summed E-state index contributed by atoms with van der Waals surface area (Å²) in [7, 11) is 4.64. The zero-order valence-electron chi connectivity index (χ0n) is 35.6. The van der Waals surface area contributed by atoms with E-state index < -0.39 is 77.9 Å². The van der Waals surface area contributed by atoms with Crippen LogP contribution in [0.1, 0.15) is 112 Å². The Bertz CT molecular complexity index is 1420. The molecule has 3 saturated heterocycles. The molecular weight excluding hydrogens is 734 g/mol. The van der Waals surface area contributed by atoms with Gasteiger partial charge in [-0.05, 0) is 101 Å². The van der Waals surface area contributed by atoms with Crippen molar-refractivity contribution in [2.45, 2.75) is 166 Å². The second-order valence-electron chi connectivity index (χ2n) is 17.7. The number of allylic oxidation sites excluding steroid dienone is 2. The first-order chi connectivity index (χ1) is 27.0. The summed E-state index contributed by atoms with van der Waals surface area (Å²) in [5.74, 6) is -7.27. The van der Waals surface area contributed by atoms with Crippen molar-refractivity contribution >= 4 is 23.4 Å². The van der Waals surface area contributed by atoms with Gasteiger partial charge in [-0.2, -0.15) is 0 Å². The SMILES string of the molecule is C=CC[C@H]1CC(C)C[C@H](C)C[C@@H](OC)[C@H]2O[C@@](O)(C(=O)C(=O)N3CCCCC3C(=O)O[C@H](C(C)=C[C@@H]3CC[C@@H](O)[C@H](OC)C3)[C@H](C)[C@@H](O)CC1=O)[C@H](C)C[C@@H]2OC. The summed E-state index contributed by atoms with van der Waals surface area (Å²) in [6, 6.07) is -1.13. The number of cyclic esters (lactones) is 1. The Labute approximate surface area is 339 Å². The highest BCUT2D eigenvalue weighted by Crippen LogP contribution is 2.39. The standard InChI is InChI=1S/C44H71NO12/c1-10-13-31-19-25(2)18-26(3)20-37(54-8)40-38(55-9)22-28(5)44(52,57-40)41(49)42(50)45-17-12-11-14-32(45)43(51)56-39(29(6)34(47)24-35(31)48)27(4)21-30-15-16-33(46)36(23-30)53-7/h10,21,25-26,28-34,36-40,46-47,52H,1,11-20,22-24H2,2-9H3/t25?,26-,28+,29+,30-,31-,32?,33+,34-,36+,37+,38-,39+,40+,44+/m0/s1. The average Bonchev–Trinajstić information content (AvgIpc) is 3.18. The van der Waals surface area contributed by atoms with E-state index in [1.54, 1.807) is 27.0 Å². The summed E-state index contributed by atoms with van der Waals surface area (Å²) < 4.78 is 29.8. The second-order valence-corrected chi connectivity index (χ2v) is 17.7. The smallest absolute Gasteiger partial charge is 0.329 e. The molecule has 3 aliphatic heterocycles. The zero-order valence-corrected chi connectivity index (χ0v) is 35.6. The fourth-order valence-corrected chi connectivity index (χ4v) is 9.85. The van der Waals surface area contributed by atoms with Crippen LogP contribution in [0, 0.1) is 35.5 Å². The fraction of sp³-hybridized carbons (Fsp3) is 0.818. The predicted octanol–water partition coefficient (Wildman–Crippen LogP) is 4.72. The first-order valence-electron chi connectivity index (χ1n) is 21.2. The highest BCUT2D eigenvalue weighted by molar-refractivity contribution is 6.39. The molecule has 3 heterocycles. The molecule has 4 rings (SSSR count). The van der Waals surface area contributed by atoms with Gasteiger partial charge in [-0.15, -0.1) is 6.58 Å². The molecule has 4 fully saturated rings. The van der Waals surface area contributed by atoms with Crippen LogP contribution in [0.5, 0.6) is 0 Å². The minimum atomic E-state index is -2.50. The molecule has 2 unspecified atom stereocenters. The second kappa shape index (κ2) is 21.1. The predicted molar refractivity (Wildman–Crippen MR) is 213 cm³/mol. The van der Waals surface area contributed by atoms with Crippen molar-refractivity contribution in [2.75, 3.05) is 27.9 Å². The molecule has 57 heavy (non-hydrogen) atoms. The Balaban J connectivity index is 1.76. The van der Waals surface area contributed by atoms with E-state index in [9.17, 15) is 34.5 Å². The minimum Gasteiger partial charge on any atom is -0.456 e. The Kier molecular flexibility index (Phi) is 17.5. The van der Waals surface area contributed by atoms with Gasteiger partial charge < -0.3 is 43.9 Å². The number of carbonyl (C=O) groups is 4. The van der Waals surface area contributed by atoms with E-state index in [4.69, 9.17) is 23.7 Å². The third-order valence-corrected chi connectivity index (χ3v) is 13.3. The van der Waals surface area contributed by atoms with E-state index in [1.807, 2.05) is 13.0 Å². The number of ether oxygens (including phenoxy) is 5. The maximum atomic E-state index is 14.3. The van der Waals surface area contributed by atoms with E-state index in [0.717, 1.165) is 6.42 Å². The quantitative estimate of drug-likeness (QED) is 0.184. The lowest BCUT2D eigenvalue weighted by atomic mass is 9.79. The Morgan fingerprint density at radius 2 is 1.51 bits per heavy atom. The van der Waals surface area contributed by atoms with Crippen molar-refractivity contribution in [2.24, 2.45) is 35.5 Å². The summed E-state index contributed by atoms with van der Waals surface area (Å²) in [6.45, 7) is 13.4. The molecule has 0 spiro atoms. The van der Waals surface area contributed by atoms with Gasteiger partial charge in [0.05, 0.1) is 30.5 Å². The number of amides is 1. The van der Waals surface area contributed by atoms with Gasteiger partial charge in [-0.3, -0.25) is 14.4 Å². The van der Waals surface area contributed by atoms with E-state index in [-0.39, 0.29) is 61.4 Å². The number of aliphatic hydroxyl groups is 3. The molecule has 324 valence electrons. The lowest BCUT2D eigenvalue weighted by Crippen LogP contribution is -2.64. The maximum Gasteiger partial charge on any atom is 0.329 e. The lowest BCUT2D eigenvalue weighted by Gasteiger charge is -2.47. The van der Waals surface area contributed by atoms with Crippen LogP contribution >= 0.6 is 0 Å². The molecule has 4 aliphatic rings. The van der Waals surface area contributed by atoms with Crippen LogP contribution in [0.15, 0.2) is 24.3 Å². The van der Waals surface area contributed by atoms with E-state index >= 15 is 0 Å². The van der Waals surface area contributed by atoms with Crippen molar-refractivity contribution in [3.63, 3.8) is 0 Å². The summed E-state index contributed by atoms with van der Waals surface area (Å²) >= 11 is 0. The molecule has 1 aliphatic carbocycles. The van der Waals surface area contributed by atoms with Gasteiger partial charge in [0.2, 0.25) is 5.79 Å². The van der Waals surface area contributed by atoms with Crippen LogP contribution < -0.4 is 0 Å². The van der Waals surface area contributed by atoms with Crippen molar-refractivity contribution in [3.05, 3.63) is 24.3 Å². The van der Waals surface area contributed by atoms with Crippen LogP contribution in [0.25, 0.3) is 0 Å². The Hall–Kier alpha value is -2.52.